The fraction of sp³-hybridized carbons (Fsp3) is 0.948. The molecule has 0 saturated carbocycles. The number of nitrogens with one attached hydrogen (secondary N) is 1. The van der Waals surface area contributed by atoms with Gasteiger partial charge in [0, 0.05) is 0 Å². The van der Waals surface area contributed by atoms with E-state index in [1.54, 1.807) is 0 Å². The van der Waals surface area contributed by atoms with Gasteiger partial charge in [-0.1, -0.05) is 257 Å². The standard InChI is InChI=1S/C58H113NO10/c1-3-5-7-9-11-13-15-17-19-21-22-23-24-25-26-27-28-30-31-33-35-37-39-41-43-45-50(61)53(63)49(48-68-58-56(66)55(65)54(64)52(47-60)69-58)59-57(67)51(62)46-44-42-40-38-36-34-32-29-20-18-16-14-12-10-8-6-4-2/h32,34,49-56,58,60-66H,3-31,33,35-48H2,1-2H3,(H,59,67)/b34-32-. The maximum absolute atomic E-state index is 13.2. The summed E-state index contributed by atoms with van der Waals surface area (Å²) in [7, 11) is 0. The molecule has 0 aromatic carbocycles. The third kappa shape index (κ3) is 36.4. The smallest absolute Gasteiger partial charge is 0.249 e. The molecule has 0 spiro atoms. The Morgan fingerprint density at radius 2 is 0.841 bits per heavy atom. The van der Waals surface area contributed by atoms with Crippen molar-refractivity contribution in [2.24, 2.45) is 0 Å². The number of unbranched alkanes of at least 4 members (excludes halogenated alkanes) is 37. The lowest BCUT2D eigenvalue weighted by atomic mass is 9.98. The Morgan fingerprint density at radius 1 is 0.493 bits per heavy atom. The lowest BCUT2D eigenvalue weighted by Crippen LogP contribution is -2.60. The zero-order chi connectivity index (χ0) is 50.4. The van der Waals surface area contributed by atoms with E-state index in [0.29, 0.717) is 19.3 Å². The average Bonchev–Trinajstić information content (AvgIpc) is 3.35. The fourth-order valence-corrected chi connectivity index (χ4v) is 9.73. The molecule has 69 heavy (non-hydrogen) atoms. The van der Waals surface area contributed by atoms with Crippen molar-refractivity contribution in [1.29, 1.82) is 0 Å². The first-order valence-electron chi connectivity index (χ1n) is 29.6. The molecule has 0 aliphatic carbocycles. The molecular weight excluding hydrogens is 871 g/mol. The summed E-state index contributed by atoms with van der Waals surface area (Å²) in [5.41, 5.74) is 0. The largest absolute Gasteiger partial charge is 0.394 e. The van der Waals surface area contributed by atoms with E-state index in [-0.39, 0.29) is 6.42 Å². The molecule has 1 fully saturated rings. The van der Waals surface area contributed by atoms with E-state index in [1.807, 2.05) is 0 Å². The van der Waals surface area contributed by atoms with E-state index in [1.165, 1.54) is 193 Å². The Balaban J connectivity index is 2.29. The second-order valence-corrected chi connectivity index (χ2v) is 21.1. The molecule has 1 rings (SSSR count). The van der Waals surface area contributed by atoms with Gasteiger partial charge in [-0.15, -0.1) is 0 Å². The summed E-state index contributed by atoms with van der Waals surface area (Å²) in [5.74, 6) is -0.701. The molecule has 1 amide bonds. The number of hydrogen-bond acceptors (Lipinski definition) is 10. The molecule has 11 nitrogen and oxygen atoms in total. The molecule has 9 unspecified atom stereocenters. The van der Waals surface area contributed by atoms with Crippen molar-refractivity contribution in [2.45, 2.75) is 339 Å². The maximum atomic E-state index is 13.2. The quantitative estimate of drug-likeness (QED) is 0.0215. The van der Waals surface area contributed by atoms with Gasteiger partial charge >= 0.3 is 0 Å². The molecule has 8 N–H and O–H groups in total. The highest BCUT2D eigenvalue weighted by atomic mass is 16.7. The van der Waals surface area contributed by atoms with Gasteiger partial charge in [0.1, 0.15) is 36.6 Å². The van der Waals surface area contributed by atoms with Crippen LogP contribution in [-0.2, 0) is 14.3 Å². The summed E-state index contributed by atoms with van der Waals surface area (Å²) in [5, 5.41) is 76.2. The summed E-state index contributed by atoms with van der Waals surface area (Å²) in [6.45, 7) is 3.48. The van der Waals surface area contributed by atoms with Crippen molar-refractivity contribution in [1.82, 2.24) is 5.32 Å². The second kappa shape index (κ2) is 47.8. The van der Waals surface area contributed by atoms with Gasteiger partial charge in [0.15, 0.2) is 6.29 Å². The molecule has 1 saturated heterocycles. The third-order valence-corrected chi connectivity index (χ3v) is 14.6. The number of carbonyl (C=O) groups excluding carboxylic acids is 1. The number of carbonyl (C=O) groups is 1. The average molecular weight is 985 g/mol. The molecular formula is C58H113NO10. The minimum absolute atomic E-state index is 0.249. The van der Waals surface area contributed by atoms with Crippen LogP contribution in [0.3, 0.4) is 0 Å². The summed E-state index contributed by atoms with van der Waals surface area (Å²) in [6.07, 6.45) is 44.1. The van der Waals surface area contributed by atoms with Crippen LogP contribution in [0.1, 0.15) is 284 Å². The summed E-state index contributed by atoms with van der Waals surface area (Å²) < 4.78 is 11.1. The van der Waals surface area contributed by atoms with E-state index < -0.39 is 74.2 Å². The van der Waals surface area contributed by atoms with Gasteiger partial charge in [0.25, 0.3) is 0 Å². The Labute approximate surface area is 423 Å². The number of allylic oxidation sites excluding steroid dienone is 2. The van der Waals surface area contributed by atoms with Crippen LogP contribution in [0.5, 0.6) is 0 Å². The van der Waals surface area contributed by atoms with Crippen LogP contribution >= 0.6 is 0 Å². The monoisotopic (exact) mass is 984 g/mol. The highest BCUT2D eigenvalue weighted by Crippen LogP contribution is 2.24. The van der Waals surface area contributed by atoms with Gasteiger partial charge in [-0.2, -0.15) is 0 Å². The Hall–Kier alpha value is -1.15. The van der Waals surface area contributed by atoms with Gasteiger partial charge in [-0.05, 0) is 38.5 Å². The van der Waals surface area contributed by atoms with Crippen LogP contribution in [0, 0.1) is 0 Å². The van der Waals surface area contributed by atoms with Crippen LogP contribution in [0.25, 0.3) is 0 Å². The molecule has 9 atom stereocenters. The van der Waals surface area contributed by atoms with Gasteiger partial charge in [-0.25, -0.2) is 0 Å². The number of ether oxygens (including phenoxy) is 2. The van der Waals surface area contributed by atoms with E-state index in [2.05, 4.69) is 31.3 Å². The topological polar surface area (TPSA) is 189 Å². The van der Waals surface area contributed by atoms with Crippen LogP contribution < -0.4 is 5.32 Å². The first kappa shape index (κ1) is 65.9. The van der Waals surface area contributed by atoms with Crippen molar-refractivity contribution in [2.75, 3.05) is 13.2 Å². The predicted octanol–water partition coefficient (Wildman–Crippen LogP) is 12.4. The molecule has 0 bridgehead atoms. The zero-order valence-corrected chi connectivity index (χ0v) is 44.8. The highest BCUT2D eigenvalue weighted by molar-refractivity contribution is 5.80. The van der Waals surface area contributed by atoms with Crippen LogP contribution in [-0.4, -0.2) is 110 Å². The summed E-state index contributed by atoms with van der Waals surface area (Å²) in [4.78, 5) is 13.2. The van der Waals surface area contributed by atoms with Crippen molar-refractivity contribution < 1.29 is 50.0 Å². The Kier molecular flexibility index (Phi) is 45.7. The molecule has 1 aliphatic heterocycles. The molecule has 0 aromatic heterocycles. The van der Waals surface area contributed by atoms with Gasteiger partial charge in [-0.3, -0.25) is 4.79 Å². The van der Waals surface area contributed by atoms with Crippen molar-refractivity contribution >= 4 is 5.91 Å². The molecule has 0 radical (unpaired) electrons. The van der Waals surface area contributed by atoms with Crippen LogP contribution in [0.15, 0.2) is 12.2 Å². The van der Waals surface area contributed by atoms with Gasteiger partial charge < -0.3 is 50.5 Å². The number of rotatable bonds is 51. The molecule has 1 heterocycles. The lowest BCUT2D eigenvalue weighted by molar-refractivity contribution is -0.303. The molecule has 1 aliphatic rings. The third-order valence-electron chi connectivity index (χ3n) is 14.6. The fourth-order valence-electron chi connectivity index (χ4n) is 9.73. The van der Waals surface area contributed by atoms with Gasteiger partial charge in [0.2, 0.25) is 5.91 Å². The first-order valence-corrected chi connectivity index (χ1v) is 29.6. The summed E-state index contributed by atoms with van der Waals surface area (Å²) in [6, 6.07) is -1.17. The number of aliphatic hydroxyl groups excluding tert-OH is 7. The Morgan fingerprint density at radius 3 is 1.22 bits per heavy atom. The molecule has 410 valence electrons. The minimum atomic E-state index is -1.66. The maximum Gasteiger partial charge on any atom is 0.249 e. The van der Waals surface area contributed by atoms with E-state index in [0.717, 1.165) is 51.4 Å². The van der Waals surface area contributed by atoms with E-state index in [4.69, 9.17) is 9.47 Å². The molecule has 0 aromatic rings. The van der Waals surface area contributed by atoms with Crippen LogP contribution in [0.4, 0.5) is 0 Å². The predicted molar refractivity (Wildman–Crippen MR) is 284 cm³/mol. The van der Waals surface area contributed by atoms with Crippen molar-refractivity contribution in [3.63, 3.8) is 0 Å². The van der Waals surface area contributed by atoms with Crippen LogP contribution in [0.2, 0.25) is 0 Å². The van der Waals surface area contributed by atoms with Gasteiger partial charge in [0.05, 0.1) is 25.4 Å². The number of hydrogen-bond donors (Lipinski definition) is 8. The normalized spacial score (nSPS) is 20.4. The number of amides is 1. The SMILES string of the molecule is CCCCCCCCCCC/C=C\CCCCCCC(O)C(=O)NC(COC1OC(CO)C(O)C(O)C1O)C(O)C(O)CCCCCCCCCCCCCCCCCCCCCCCCCCC. The molecule has 11 heteroatoms. The highest BCUT2D eigenvalue weighted by Gasteiger charge is 2.44. The zero-order valence-electron chi connectivity index (χ0n) is 44.8. The van der Waals surface area contributed by atoms with Crippen molar-refractivity contribution in [3.8, 4) is 0 Å². The van der Waals surface area contributed by atoms with Crippen molar-refractivity contribution in [3.05, 3.63) is 12.2 Å². The first-order chi connectivity index (χ1) is 33.7. The minimum Gasteiger partial charge on any atom is -0.394 e. The lowest BCUT2D eigenvalue weighted by Gasteiger charge is -2.40. The second-order valence-electron chi connectivity index (χ2n) is 21.1. The summed E-state index contributed by atoms with van der Waals surface area (Å²) >= 11 is 0. The Bertz CT molecular complexity index is 1130. The van der Waals surface area contributed by atoms with E-state index in [9.17, 15) is 40.5 Å². The van der Waals surface area contributed by atoms with E-state index >= 15 is 0 Å². The number of aliphatic hydroxyl groups is 7.